The Bertz CT molecular complexity index is 271. The number of halogens is 3. The zero-order valence-corrected chi connectivity index (χ0v) is 10.2. The van der Waals surface area contributed by atoms with E-state index in [-0.39, 0.29) is 6.10 Å². The van der Waals surface area contributed by atoms with Gasteiger partial charge in [-0.15, -0.1) is 0 Å². The van der Waals surface area contributed by atoms with Gasteiger partial charge in [-0.1, -0.05) is 45.2 Å². The van der Waals surface area contributed by atoms with Gasteiger partial charge in [-0.2, -0.15) is 0 Å². The van der Waals surface area contributed by atoms with Crippen molar-refractivity contribution in [2.45, 2.75) is 13.0 Å². The maximum atomic E-state index is 5.91. The van der Waals surface area contributed by atoms with E-state index in [0.29, 0.717) is 15.8 Å². The fourth-order valence-electron chi connectivity index (χ4n) is 0.828. The highest BCUT2D eigenvalue weighted by Gasteiger charge is 2.09. The minimum atomic E-state index is 0.0531. The Morgan fingerprint density at radius 2 is 1.92 bits per heavy atom. The van der Waals surface area contributed by atoms with Gasteiger partial charge in [0.15, 0.2) is 5.75 Å². The Kier molecular flexibility index (Phi) is 4.36. The number of hydrogen-bond acceptors (Lipinski definition) is 1. The van der Waals surface area contributed by atoms with Gasteiger partial charge in [0.1, 0.15) is 6.10 Å². The Morgan fingerprint density at radius 1 is 1.38 bits per heavy atom. The molecule has 13 heavy (non-hydrogen) atoms. The first kappa shape index (κ1) is 11.2. The van der Waals surface area contributed by atoms with Crippen LogP contribution >= 0.6 is 39.1 Å². The molecule has 0 radical (unpaired) electrons. The SMILES string of the molecule is CC(CBr)Oc1c(Cl)cccc1Cl. The Hall–Kier alpha value is 0.0800. The van der Waals surface area contributed by atoms with Gasteiger partial charge in [0, 0.05) is 5.33 Å². The predicted octanol–water partition coefficient (Wildman–Crippen LogP) is 4.16. The molecular weight excluding hydrogens is 275 g/mol. The molecule has 1 unspecified atom stereocenters. The minimum Gasteiger partial charge on any atom is -0.487 e. The quantitative estimate of drug-likeness (QED) is 0.757. The lowest BCUT2D eigenvalue weighted by molar-refractivity contribution is 0.248. The summed E-state index contributed by atoms with van der Waals surface area (Å²) < 4.78 is 5.51. The van der Waals surface area contributed by atoms with E-state index in [4.69, 9.17) is 27.9 Å². The first-order valence-electron chi connectivity index (χ1n) is 3.81. The Balaban J connectivity index is 2.87. The van der Waals surface area contributed by atoms with Crippen molar-refractivity contribution in [2.24, 2.45) is 0 Å². The monoisotopic (exact) mass is 282 g/mol. The second-order valence-corrected chi connectivity index (χ2v) is 4.10. The minimum absolute atomic E-state index is 0.0531. The van der Waals surface area contributed by atoms with Crippen molar-refractivity contribution in [3.63, 3.8) is 0 Å². The van der Waals surface area contributed by atoms with Crippen LogP contribution in [0.15, 0.2) is 18.2 Å². The summed E-state index contributed by atoms with van der Waals surface area (Å²) >= 11 is 15.1. The summed E-state index contributed by atoms with van der Waals surface area (Å²) in [5, 5.41) is 1.83. The van der Waals surface area contributed by atoms with E-state index in [1.807, 2.05) is 6.92 Å². The van der Waals surface area contributed by atoms with Gasteiger partial charge in [-0.25, -0.2) is 0 Å². The molecule has 1 rings (SSSR count). The second kappa shape index (κ2) is 5.08. The van der Waals surface area contributed by atoms with E-state index in [0.717, 1.165) is 5.33 Å². The largest absolute Gasteiger partial charge is 0.487 e. The fourth-order valence-corrected chi connectivity index (χ4v) is 1.45. The van der Waals surface area contributed by atoms with Gasteiger partial charge < -0.3 is 4.74 Å². The number of ether oxygens (including phenoxy) is 1. The van der Waals surface area contributed by atoms with Gasteiger partial charge >= 0.3 is 0 Å². The highest BCUT2D eigenvalue weighted by Crippen LogP contribution is 2.33. The van der Waals surface area contributed by atoms with Crippen molar-refractivity contribution in [1.29, 1.82) is 0 Å². The zero-order valence-electron chi connectivity index (χ0n) is 7.06. The molecule has 72 valence electrons. The summed E-state index contributed by atoms with van der Waals surface area (Å²) in [6, 6.07) is 5.30. The van der Waals surface area contributed by atoms with Crippen LogP contribution in [0, 0.1) is 0 Å². The molecule has 0 bridgehead atoms. The van der Waals surface area contributed by atoms with Crippen molar-refractivity contribution in [3.05, 3.63) is 28.2 Å². The van der Waals surface area contributed by atoms with Crippen molar-refractivity contribution >= 4 is 39.1 Å². The summed E-state index contributed by atoms with van der Waals surface area (Å²) in [6.45, 7) is 1.94. The molecule has 0 fully saturated rings. The maximum absolute atomic E-state index is 5.91. The summed E-state index contributed by atoms with van der Waals surface area (Å²) in [4.78, 5) is 0. The van der Waals surface area contributed by atoms with Crippen LogP contribution in [0.5, 0.6) is 5.75 Å². The van der Waals surface area contributed by atoms with Gasteiger partial charge in [0.25, 0.3) is 0 Å². The lowest BCUT2D eigenvalue weighted by Crippen LogP contribution is -2.13. The van der Waals surface area contributed by atoms with Gasteiger partial charge in [0.2, 0.25) is 0 Å². The molecular formula is C9H9BrCl2O. The van der Waals surface area contributed by atoms with Crippen LogP contribution in [0.3, 0.4) is 0 Å². The molecule has 0 aromatic heterocycles. The lowest BCUT2D eigenvalue weighted by atomic mass is 10.3. The van der Waals surface area contributed by atoms with Crippen molar-refractivity contribution in [3.8, 4) is 5.75 Å². The molecule has 1 aromatic carbocycles. The molecule has 0 aliphatic heterocycles. The molecule has 0 heterocycles. The predicted molar refractivity (Wildman–Crippen MR) is 60.3 cm³/mol. The highest BCUT2D eigenvalue weighted by atomic mass is 79.9. The van der Waals surface area contributed by atoms with Crippen LogP contribution in [0.4, 0.5) is 0 Å². The van der Waals surface area contributed by atoms with Gasteiger partial charge in [0.05, 0.1) is 10.0 Å². The standard InChI is InChI=1S/C9H9BrCl2O/c1-6(5-10)13-9-7(11)3-2-4-8(9)12/h2-4,6H,5H2,1H3. The molecule has 0 N–H and O–H groups in total. The summed E-state index contributed by atoms with van der Waals surface area (Å²) in [7, 11) is 0. The lowest BCUT2D eigenvalue weighted by Gasteiger charge is -2.14. The normalized spacial score (nSPS) is 12.6. The third kappa shape index (κ3) is 3.04. The van der Waals surface area contributed by atoms with E-state index < -0.39 is 0 Å². The van der Waals surface area contributed by atoms with E-state index in [9.17, 15) is 0 Å². The average molecular weight is 284 g/mol. The molecule has 1 nitrogen and oxygen atoms in total. The first-order valence-corrected chi connectivity index (χ1v) is 5.69. The van der Waals surface area contributed by atoms with Crippen LogP contribution in [0.25, 0.3) is 0 Å². The van der Waals surface area contributed by atoms with E-state index in [1.54, 1.807) is 18.2 Å². The molecule has 0 aliphatic carbocycles. The van der Waals surface area contributed by atoms with Crippen molar-refractivity contribution in [1.82, 2.24) is 0 Å². The molecule has 0 saturated heterocycles. The molecule has 1 aromatic rings. The average Bonchev–Trinajstić information content (AvgIpc) is 2.11. The molecule has 1 atom stereocenters. The third-order valence-corrected chi connectivity index (χ3v) is 2.96. The maximum Gasteiger partial charge on any atom is 0.156 e. The van der Waals surface area contributed by atoms with Crippen LogP contribution in [-0.4, -0.2) is 11.4 Å². The van der Waals surface area contributed by atoms with E-state index in [1.165, 1.54) is 0 Å². The van der Waals surface area contributed by atoms with Crippen LogP contribution in [0.2, 0.25) is 10.0 Å². The number of rotatable bonds is 3. The van der Waals surface area contributed by atoms with Crippen molar-refractivity contribution in [2.75, 3.05) is 5.33 Å². The van der Waals surface area contributed by atoms with Crippen molar-refractivity contribution < 1.29 is 4.74 Å². The molecule has 0 amide bonds. The summed E-state index contributed by atoms with van der Waals surface area (Å²) in [6.07, 6.45) is 0.0531. The molecule has 4 heteroatoms. The molecule has 0 aliphatic rings. The van der Waals surface area contributed by atoms with E-state index in [2.05, 4.69) is 15.9 Å². The molecule has 0 saturated carbocycles. The smallest absolute Gasteiger partial charge is 0.156 e. The fraction of sp³-hybridized carbons (Fsp3) is 0.333. The summed E-state index contributed by atoms with van der Waals surface area (Å²) in [5.74, 6) is 0.554. The number of alkyl halides is 1. The first-order chi connectivity index (χ1) is 6.15. The Morgan fingerprint density at radius 3 is 2.38 bits per heavy atom. The Labute approximate surface area is 96.1 Å². The zero-order chi connectivity index (χ0) is 9.84. The van der Waals surface area contributed by atoms with Crippen LogP contribution in [0.1, 0.15) is 6.92 Å². The van der Waals surface area contributed by atoms with E-state index >= 15 is 0 Å². The van der Waals surface area contributed by atoms with Gasteiger partial charge in [-0.05, 0) is 19.1 Å². The number of para-hydroxylation sites is 1. The summed E-state index contributed by atoms with van der Waals surface area (Å²) in [5.41, 5.74) is 0. The van der Waals surface area contributed by atoms with Gasteiger partial charge in [-0.3, -0.25) is 0 Å². The molecule has 0 spiro atoms. The number of benzene rings is 1. The highest BCUT2D eigenvalue weighted by molar-refractivity contribution is 9.09. The number of hydrogen-bond donors (Lipinski definition) is 0. The van der Waals surface area contributed by atoms with Crippen LogP contribution < -0.4 is 4.74 Å². The third-order valence-electron chi connectivity index (χ3n) is 1.46. The topological polar surface area (TPSA) is 9.23 Å². The van der Waals surface area contributed by atoms with Crippen LogP contribution in [-0.2, 0) is 0 Å². The second-order valence-electron chi connectivity index (χ2n) is 2.63.